The number of carbonyl (C=O) groups excluding carboxylic acids is 1. The fraction of sp³-hybridized carbons (Fsp3) is 0.500. The Labute approximate surface area is 129 Å². The van der Waals surface area contributed by atoms with E-state index in [1.165, 1.54) is 6.42 Å². The number of aromatic nitrogens is 4. The molecule has 2 aliphatic rings. The van der Waals surface area contributed by atoms with Crippen molar-refractivity contribution in [2.24, 2.45) is 5.92 Å². The molecule has 6 heteroatoms. The highest BCUT2D eigenvalue weighted by Crippen LogP contribution is 2.36. The summed E-state index contributed by atoms with van der Waals surface area (Å²) in [6.07, 6.45) is 14.1. The lowest BCUT2D eigenvalue weighted by Gasteiger charge is -2.32. The first kappa shape index (κ1) is 13.4. The third-order valence-corrected chi connectivity index (χ3v) is 4.74. The van der Waals surface area contributed by atoms with Crippen molar-refractivity contribution in [2.45, 2.75) is 38.1 Å². The largest absolute Gasteiger partial charge is 0.334 e. The number of nitrogens with zero attached hydrogens (tertiary/aromatic N) is 5. The van der Waals surface area contributed by atoms with Gasteiger partial charge in [0.15, 0.2) is 5.82 Å². The predicted octanol–water partition coefficient (Wildman–Crippen LogP) is 2.13. The van der Waals surface area contributed by atoms with Gasteiger partial charge in [-0.25, -0.2) is 9.97 Å². The lowest BCUT2D eigenvalue weighted by atomic mass is 9.84. The molecule has 6 nitrogen and oxygen atoms in total. The predicted molar refractivity (Wildman–Crippen MR) is 80.2 cm³/mol. The summed E-state index contributed by atoms with van der Waals surface area (Å²) in [5.74, 6) is 1.30. The van der Waals surface area contributed by atoms with E-state index >= 15 is 0 Å². The quantitative estimate of drug-likeness (QED) is 0.870. The molecule has 0 N–H and O–H groups in total. The minimum Gasteiger partial charge on any atom is -0.334 e. The molecule has 1 saturated carbocycles. The van der Waals surface area contributed by atoms with E-state index in [-0.39, 0.29) is 12.0 Å². The van der Waals surface area contributed by atoms with Gasteiger partial charge in [-0.3, -0.25) is 14.3 Å². The zero-order chi connectivity index (χ0) is 14.9. The van der Waals surface area contributed by atoms with Crippen molar-refractivity contribution >= 4 is 5.91 Å². The summed E-state index contributed by atoms with van der Waals surface area (Å²) in [6, 6.07) is 0.0732. The molecule has 114 valence electrons. The highest BCUT2D eigenvalue weighted by atomic mass is 16.2. The molecule has 0 aromatic carbocycles. The number of rotatable bonds is 3. The van der Waals surface area contributed by atoms with E-state index in [1.807, 2.05) is 15.7 Å². The minimum absolute atomic E-state index is 0.0732. The SMILES string of the molecule is O=C(C1CCC1)N1CCC[C@H]1c1cncc(-n2ccnc2)n1. The number of hydrogen-bond donors (Lipinski definition) is 0. The second-order valence-electron chi connectivity index (χ2n) is 6.09. The number of likely N-dealkylation sites (tertiary alicyclic amines) is 1. The van der Waals surface area contributed by atoms with Gasteiger partial charge in [0.1, 0.15) is 6.33 Å². The van der Waals surface area contributed by atoms with E-state index in [9.17, 15) is 4.79 Å². The smallest absolute Gasteiger partial charge is 0.226 e. The highest BCUT2D eigenvalue weighted by molar-refractivity contribution is 5.80. The average Bonchev–Trinajstić information content (AvgIpc) is 3.17. The lowest BCUT2D eigenvalue weighted by molar-refractivity contribution is -0.139. The summed E-state index contributed by atoms with van der Waals surface area (Å²) in [5.41, 5.74) is 0.886. The topological polar surface area (TPSA) is 63.9 Å². The van der Waals surface area contributed by atoms with Crippen LogP contribution in [0.5, 0.6) is 0 Å². The van der Waals surface area contributed by atoms with Crippen LogP contribution in [0.1, 0.15) is 43.8 Å². The fourth-order valence-electron chi connectivity index (χ4n) is 3.28. The zero-order valence-corrected chi connectivity index (χ0v) is 12.4. The zero-order valence-electron chi connectivity index (χ0n) is 12.4. The van der Waals surface area contributed by atoms with Crippen molar-refractivity contribution in [3.05, 3.63) is 36.8 Å². The van der Waals surface area contributed by atoms with E-state index in [0.717, 1.165) is 43.7 Å². The molecule has 1 atom stereocenters. The van der Waals surface area contributed by atoms with Crippen LogP contribution in [0.25, 0.3) is 5.82 Å². The van der Waals surface area contributed by atoms with Gasteiger partial charge >= 0.3 is 0 Å². The first-order valence-electron chi connectivity index (χ1n) is 7.93. The molecule has 0 spiro atoms. The Morgan fingerprint density at radius 2 is 2.05 bits per heavy atom. The lowest BCUT2D eigenvalue weighted by Crippen LogP contribution is -2.38. The van der Waals surface area contributed by atoms with Crippen LogP contribution < -0.4 is 0 Å². The van der Waals surface area contributed by atoms with Crippen LogP contribution >= 0.6 is 0 Å². The van der Waals surface area contributed by atoms with Gasteiger partial charge in [-0.2, -0.15) is 0 Å². The Bertz CT molecular complexity index is 665. The average molecular weight is 297 g/mol. The molecule has 3 heterocycles. The molecule has 1 amide bonds. The second kappa shape index (κ2) is 5.51. The molecule has 1 aliphatic heterocycles. The van der Waals surface area contributed by atoms with E-state index in [4.69, 9.17) is 4.98 Å². The van der Waals surface area contributed by atoms with Crippen LogP contribution in [0.2, 0.25) is 0 Å². The molecule has 2 aromatic heterocycles. The monoisotopic (exact) mass is 297 g/mol. The molecule has 0 unspecified atom stereocenters. The second-order valence-corrected chi connectivity index (χ2v) is 6.09. The summed E-state index contributed by atoms with van der Waals surface area (Å²) < 4.78 is 1.84. The number of carbonyl (C=O) groups is 1. The molecular weight excluding hydrogens is 278 g/mol. The third-order valence-electron chi connectivity index (χ3n) is 4.74. The van der Waals surface area contributed by atoms with Gasteiger partial charge in [-0.15, -0.1) is 0 Å². The van der Waals surface area contributed by atoms with Crippen molar-refractivity contribution in [3.63, 3.8) is 0 Å². The summed E-state index contributed by atoms with van der Waals surface area (Å²) in [4.78, 5) is 27.7. The van der Waals surface area contributed by atoms with Gasteiger partial charge in [0, 0.05) is 24.9 Å². The van der Waals surface area contributed by atoms with Crippen LogP contribution in [-0.2, 0) is 4.79 Å². The van der Waals surface area contributed by atoms with Crippen molar-refractivity contribution in [3.8, 4) is 5.82 Å². The Balaban J connectivity index is 1.60. The van der Waals surface area contributed by atoms with Crippen molar-refractivity contribution in [2.75, 3.05) is 6.54 Å². The van der Waals surface area contributed by atoms with E-state index in [2.05, 4.69) is 9.97 Å². The van der Waals surface area contributed by atoms with Crippen LogP contribution in [0, 0.1) is 5.92 Å². The molecule has 2 fully saturated rings. The van der Waals surface area contributed by atoms with Crippen LogP contribution in [-0.4, -0.2) is 36.9 Å². The maximum absolute atomic E-state index is 12.6. The molecule has 2 aromatic rings. The van der Waals surface area contributed by atoms with Crippen molar-refractivity contribution in [1.82, 2.24) is 24.4 Å². The standard InChI is InChI=1S/C16H19N5O/c22-16(12-3-1-4-12)21-7-2-5-14(21)13-9-18-10-15(19-13)20-8-6-17-11-20/h6,8-12,14H,1-5,7H2/t14-/m0/s1. The van der Waals surface area contributed by atoms with Gasteiger partial charge in [0.2, 0.25) is 5.91 Å². The van der Waals surface area contributed by atoms with Crippen LogP contribution in [0.3, 0.4) is 0 Å². The summed E-state index contributed by atoms with van der Waals surface area (Å²) >= 11 is 0. The van der Waals surface area contributed by atoms with Crippen molar-refractivity contribution in [1.29, 1.82) is 0 Å². The Morgan fingerprint density at radius 3 is 2.77 bits per heavy atom. The Hall–Kier alpha value is -2.24. The molecule has 22 heavy (non-hydrogen) atoms. The Kier molecular flexibility index (Phi) is 3.36. The number of hydrogen-bond acceptors (Lipinski definition) is 4. The normalized spacial score (nSPS) is 21.8. The van der Waals surface area contributed by atoms with Gasteiger partial charge in [-0.1, -0.05) is 6.42 Å². The molecule has 1 saturated heterocycles. The van der Waals surface area contributed by atoms with Crippen molar-refractivity contribution < 1.29 is 4.79 Å². The van der Waals surface area contributed by atoms with Gasteiger partial charge < -0.3 is 4.90 Å². The molecule has 1 aliphatic carbocycles. The van der Waals surface area contributed by atoms with E-state index in [0.29, 0.717) is 5.91 Å². The summed E-state index contributed by atoms with van der Waals surface area (Å²) in [5, 5.41) is 0. The van der Waals surface area contributed by atoms with Gasteiger partial charge in [0.05, 0.1) is 24.1 Å². The number of amides is 1. The van der Waals surface area contributed by atoms with Gasteiger partial charge in [-0.05, 0) is 25.7 Å². The first-order valence-corrected chi connectivity index (χ1v) is 7.93. The molecule has 4 rings (SSSR count). The fourth-order valence-corrected chi connectivity index (χ4v) is 3.28. The number of imidazole rings is 1. The molecular formula is C16H19N5O. The van der Waals surface area contributed by atoms with Gasteiger partial charge in [0.25, 0.3) is 0 Å². The minimum atomic E-state index is 0.0732. The first-order chi connectivity index (χ1) is 10.8. The maximum Gasteiger partial charge on any atom is 0.226 e. The molecule has 0 bridgehead atoms. The van der Waals surface area contributed by atoms with Crippen LogP contribution in [0.4, 0.5) is 0 Å². The maximum atomic E-state index is 12.6. The molecule has 0 radical (unpaired) electrons. The summed E-state index contributed by atoms with van der Waals surface area (Å²) in [6.45, 7) is 0.844. The van der Waals surface area contributed by atoms with E-state index in [1.54, 1.807) is 24.9 Å². The van der Waals surface area contributed by atoms with Crippen LogP contribution in [0.15, 0.2) is 31.1 Å². The summed E-state index contributed by atoms with van der Waals surface area (Å²) in [7, 11) is 0. The van der Waals surface area contributed by atoms with E-state index < -0.39 is 0 Å². The Morgan fingerprint density at radius 1 is 1.14 bits per heavy atom. The highest BCUT2D eigenvalue weighted by Gasteiger charge is 2.36. The third kappa shape index (κ3) is 2.28.